The van der Waals surface area contributed by atoms with Gasteiger partial charge in [0, 0.05) is 18.9 Å². The van der Waals surface area contributed by atoms with Crippen LogP contribution in [0.25, 0.3) is 0 Å². The molecule has 0 unspecified atom stereocenters. The van der Waals surface area contributed by atoms with Gasteiger partial charge in [0.15, 0.2) is 0 Å². The molecule has 1 rings (SSSR count). The van der Waals surface area contributed by atoms with Crippen LogP contribution in [-0.4, -0.2) is 30.0 Å². The molecule has 5 nitrogen and oxygen atoms in total. The molecule has 0 saturated carbocycles. The molecule has 0 atom stereocenters. The first-order valence-corrected chi connectivity index (χ1v) is 6.03. The molecular formula is C8H15N3O2S. The third-order valence-corrected chi connectivity index (χ3v) is 3.67. The fourth-order valence-corrected chi connectivity index (χ4v) is 1.61. The summed E-state index contributed by atoms with van der Waals surface area (Å²) in [4.78, 5) is 0. The van der Waals surface area contributed by atoms with Crippen LogP contribution in [-0.2, 0) is 16.6 Å². The molecule has 0 spiro atoms. The summed E-state index contributed by atoms with van der Waals surface area (Å²) in [5.41, 5.74) is 0. The summed E-state index contributed by atoms with van der Waals surface area (Å²) >= 11 is 0. The minimum absolute atomic E-state index is 0.377. The van der Waals surface area contributed by atoms with Crippen molar-refractivity contribution in [2.45, 2.75) is 25.6 Å². The van der Waals surface area contributed by atoms with Gasteiger partial charge in [0.1, 0.15) is 0 Å². The van der Waals surface area contributed by atoms with E-state index in [1.54, 1.807) is 37.0 Å². The Morgan fingerprint density at radius 2 is 2.21 bits per heavy atom. The van der Waals surface area contributed by atoms with Gasteiger partial charge in [-0.3, -0.25) is 4.68 Å². The van der Waals surface area contributed by atoms with E-state index in [9.17, 15) is 8.42 Å². The van der Waals surface area contributed by atoms with Crippen LogP contribution < -0.4 is 4.72 Å². The maximum absolute atomic E-state index is 11.3. The standard InChI is InChI=1S/C8H15N3O2S/c1-8(2)14(12,13)10-5-7-11-6-3-4-9-11/h3-4,6,8,10H,5,7H2,1-2H3. The third-order valence-electron chi connectivity index (χ3n) is 1.82. The second-order valence-corrected chi connectivity index (χ2v) is 5.58. The zero-order valence-electron chi connectivity index (χ0n) is 8.34. The molecule has 0 aliphatic carbocycles. The summed E-state index contributed by atoms with van der Waals surface area (Å²) in [5, 5.41) is 3.57. The van der Waals surface area contributed by atoms with Crippen LogP contribution in [0.2, 0.25) is 0 Å². The van der Waals surface area contributed by atoms with E-state index in [-0.39, 0.29) is 5.25 Å². The van der Waals surface area contributed by atoms with Gasteiger partial charge in [-0.1, -0.05) is 0 Å². The first-order chi connectivity index (χ1) is 6.52. The van der Waals surface area contributed by atoms with Gasteiger partial charge in [-0.25, -0.2) is 13.1 Å². The van der Waals surface area contributed by atoms with Crippen molar-refractivity contribution in [2.75, 3.05) is 6.54 Å². The molecular weight excluding hydrogens is 202 g/mol. The lowest BCUT2D eigenvalue weighted by atomic mass is 10.6. The van der Waals surface area contributed by atoms with Gasteiger partial charge in [-0.15, -0.1) is 0 Å². The molecule has 0 aliphatic heterocycles. The van der Waals surface area contributed by atoms with Crippen molar-refractivity contribution in [3.8, 4) is 0 Å². The number of hydrogen-bond donors (Lipinski definition) is 1. The van der Waals surface area contributed by atoms with Crippen LogP contribution in [0.5, 0.6) is 0 Å². The third kappa shape index (κ3) is 3.12. The zero-order valence-corrected chi connectivity index (χ0v) is 9.16. The minimum Gasteiger partial charge on any atom is -0.271 e. The molecule has 80 valence electrons. The largest absolute Gasteiger partial charge is 0.271 e. The van der Waals surface area contributed by atoms with Crippen molar-refractivity contribution < 1.29 is 8.42 Å². The highest BCUT2D eigenvalue weighted by molar-refractivity contribution is 7.90. The Bertz CT molecular complexity index is 356. The van der Waals surface area contributed by atoms with Crippen LogP contribution in [0.15, 0.2) is 18.5 Å². The van der Waals surface area contributed by atoms with Crippen molar-refractivity contribution in [3.63, 3.8) is 0 Å². The molecule has 0 aromatic carbocycles. The van der Waals surface area contributed by atoms with Gasteiger partial charge in [-0.2, -0.15) is 5.10 Å². The summed E-state index contributed by atoms with van der Waals surface area (Å²) in [6, 6.07) is 1.80. The quantitative estimate of drug-likeness (QED) is 0.767. The van der Waals surface area contributed by atoms with E-state index in [0.717, 1.165) is 0 Å². The zero-order chi connectivity index (χ0) is 10.6. The van der Waals surface area contributed by atoms with E-state index < -0.39 is 10.0 Å². The Hall–Kier alpha value is -0.880. The van der Waals surface area contributed by atoms with Crippen LogP contribution in [0.3, 0.4) is 0 Å². The molecule has 6 heteroatoms. The maximum Gasteiger partial charge on any atom is 0.213 e. The fraction of sp³-hybridized carbons (Fsp3) is 0.625. The van der Waals surface area contributed by atoms with E-state index in [1.807, 2.05) is 0 Å². The van der Waals surface area contributed by atoms with Gasteiger partial charge in [-0.05, 0) is 19.9 Å². The molecule has 14 heavy (non-hydrogen) atoms. The van der Waals surface area contributed by atoms with Crippen molar-refractivity contribution in [2.24, 2.45) is 0 Å². The lowest BCUT2D eigenvalue weighted by Gasteiger charge is -2.08. The van der Waals surface area contributed by atoms with Gasteiger partial charge in [0.2, 0.25) is 10.0 Å². The van der Waals surface area contributed by atoms with Gasteiger partial charge < -0.3 is 0 Å². The second-order valence-electron chi connectivity index (χ2n) is 3.26. The molecule has 1 aromatic heterocycles. The lowest BCUT2D eigenvalue weighted by molar-refractivity contribution is 0.554. The Balaban J connectivity index is 2.36. The summed E-state index contributed by atoms with van der Waals surface area (Å²) in [7, 11) is -3.14. The summed E-state index contributed by atoms with van der Waals surface area (Å²) in [5.74, 6) is 0. The number of rotatable bonds is 5. The maximum atomic E-state index is 11.3. The van der Waals surface area contributed by atoms with E-state index >= 15 is 0 Å². The van der Waals surface area contributed by atoms with Crippen molar-refractivity contribution in [3.05, 3.63) is 18.5 Å². The van der Waals surface area contributed by atoms with E-state index in [0.29, 0.717) is 13.1 Å². The molecule has 0 aliphatic rings. The number of aromatic nitrogens is 2. The fourth-order valence-electron chi connectivity index (χ4n) is 0.902. The molecule has 0 amide bonds. The highest BCUT2D eigenvalue weighted by Crippen LogP contribution is 1.95. The number of sulfonamides is 1. The molecule has 0 radical (unpaired) electrons. The minimum atomic E-state index is -3.14. The first kappa shape index (κ1) is 11.2. The normalized spacial score (nSPS) is 12.2. The van der Waals surface area contributed by atoms with E-state index in [2.05, 4.69) is 9.82 Å². The first-order valence-electron chi connectivity index (χ1n) is 4.48. The van der Waals surface area contributed by atoms with Gasteiger partial charge >= 0.3 is 0 Å². The summed E-state index contributed by atoms with van der Waals surface area (Å²) in [6.45, 7) is 4.23. The molecule has 1 aromatic rings. The topological polar surface area (TPSA) is 64.0 Å². The molecule has 1 heterocycles. The summed E-state index contributed by atoms with van der Waals surface area (Å²) < 4.78 is 26.8. The average Bonchev–Trinajstić information content (AvgIpc) is 2.56. The van der Waals surface area contributed by atoms with Crippen LogP contribution in [0, 0.1) is 0 Å². The number of nitrogens with one attached hydrogen (secondary N) is 1. The van der Waals surface area contributed by atoms with E-state index in [4.69, 9.17) is 0 Å². The highest BCUT2D eigenvalue weighted by Gasteiger charge is 2.13. The smallest absolute Gasteiger partial charge is 0.213 e. The molecule has 0 bridgehead atoms. The van der Waals surface area contributed by atoms with Crippen molar-refractivity contribution >= 4 is 10.0 Å². The monoisotopic (exact) mass is 217 g/mol. The molecule has 0 saturated heterocycles. The van der Waals surface area contributed by atoms with E-state index in [1.165, 1.54) is 0 Å². The Morgan fingerprint density at radius 1 is 1.50 bits per heavy atom. The van der Waals surface area contributed by atoms with Gasteiger partial charge in [0.05, 0.1) is 11.8 Å². The summed E-state index contributed by atoms with van der Waals surface area (Å²) in [6.07, 6.45) is 3.46. The van der Waals surface area contributed by atoms with Gasteiger partial charge in [0.25, 0.3) is 0 Å². The predicted molar refractivity (Wildman–Crippen MR) is 54.3 cm³/mol. The lowest BCUT2D eigenvalue weighted by Crippen LogP contribution is -2.33. The Labute approximate surface area is 84.2 Å². The predicted octanol–water partition coefficient (Wildman–Crippen LogP) is 0.211. The average molecular weight is 217 g/mol. The van der Waals surface area contributed by atoms with Crippen LogP contribution in [0.1, 0.15) is 13.8 Å². The number of hydrogen-bond acceptors (Lipinski definition) is 3. The molecule has 1 N–H and O–H groups in total. The number of nitrogens with zero attached hydrogens (tertiary/aromatic N) is 2. The van der Waals surface area contributed by atoms with Crippen LogP contribution in [0.4, 0.5) is 0 Å². The van der Waals surface area contributed by atoms with Crippen LogP contribution >= 0.6 is 0 Å². The highest BCUT2D eigenvalue weighted by atomic mass is 32.2. The van der Waals surface area contributed by atoms with Crippen molar-refractivity contribution in [1.29, 1.82) is 0 Å². The Kier molecular flexibility index (Phi) is 3.65. The Morgan fingerprint density at radius 3 is 2.71 bits per heavy atom. The second kappa shape index (κ2) is 4.56. The SMILES string of the molecule is CC(C)S(=O)(=O)NCCn1cccn1. The molecule has 0 fully saturated rings. The van der Waals surface area contributed by atoms with Crippen molar-refractivity contribution in [1.82, 2.24) is 14.5 Å².